The Kier molecular flexibility index (Phi) is 3.53. The van der Waals surface area contributed by atoms with Crippen LogP contribution in [0, 0.1) is 5.92 Å². The van der Waals surface area contributed by atoms with Gasteiger partial charge in [-0.3, -0.25) is 0 Å². The molecule has 2 fully saturated rings. The number of rotatable bonds is 6. The van der Waals surface area contributed by atoms with Crippen molar-refractivity contribution in [1.29, 1.82) is 0 Å². The number of anilines is 1. The van der Waals surface area contributed by atoms with Gasteiger partial charge in [-0.1, -0.05) is 0 Å². The Hall–Kier alpha value is -1.38. The highest BCUT2D eigenvalue weighted by atomic mass is 32.2. The average molecular weight is 299 g/mol. The van der Waals surface area contributed by atoms with Crippen molar-refractivity contribution in [3.05, 3.63) is 12.3 Å². The number of aromatic nitrogens is 1. The second-order valence-electron chi connectivity index (χ2n) is 5.18. The number of nitrogens with zero attached hydrogens (tertiary/aromatic N) is 1. The lowest BCUT2D eigenvalue weighted by molar-refractivity contribution is 0.00482. The van der Waals surface area contributed by atoms with Crippen LogP contribution >= 0.6 is 0 Å². The van der Waals surface area contributed by atoms with Gasteiger partial charge in [-0.05, 0) is 24.8 Å². The van der Waals surface area contributed by atoms with E-state index in [-0.39, 0.29) is 16.6 Å². The van der Waals surface area contributed by atoms with Crippen LogP contribution in [0.15, 0.2) is 17.2 Å². The molecule has 1 aliphatic carbocycles. The van der Waals surface area contributed by atoms with Gasteiger partial charge in [-0.2, -0.15) is 0 Å². The van der Waals surface area contributed by atoms with E-state index in [1.54, 1.807) is 0 Å². The molecular formula is C12H17N3O4S. The molecule has 110 valence electrons. The Balaban J connectivity index is 1.70. The third kappa shape index (κ3) is 3.02. The molecule has 1 aromatic heterocycles. The largest absolute Gasteiger partial charge is 0.476 e. The summed E-state index contributed by atoms with van der Waals surface area (Å²) in [5.74, 6) is 0.878. The second-order valence-corrected chi connectivity index (χ2v) is 6.89. The van der Waals surface area contributed by atoms with Crippen LogP contribution in [0.1, 0.15) is 12.8 Å². The van der Waals surface area contributed by atoms with Crippen molar-refractivity contribution in [3.63, 3.8) is 0 Å². The summed E-state index contributed by atoms with van der Waals surface area (Å²) < 4.78 is 37.1. The van der Waals surface area contributed by atoms with Gasteiger partial charge in [0.1, 0.15) is 4.90 Å². The molecule has 1 saturated heterocycles. The van der Waals surface area contributed by atoms with Crippen LogP contribution in [0.3, 0.4) is 0 Å². The minimum absolute atomic E-state index is 0.0423. The van der Waals surface area contributed by atoms with Crippen molar-refractivity contribution >= 4 is 15.7 Å². The van der Waals surface area contributed by atoms with Gasteiger partial charge in [-0.25, -0.2) is 18.1 Å². The van der Waals surface area contributed by atoms with E-state index in [0.29, 0.717) is 31.6 Å². The van der Waals surface area contributed by atoms with Crippen LogP contribution in [0.2, 0.25) is 0 Å². The molecule has 3 N–H and O–H groups in total. The van der Waals surface area contributed by atoms with Crippen LogP contribution in [0.25, 0.3) is 0 Å². The number of nitrogen functional groups attached to an aromatic ring is 1. The van der Waals surface area contributed by atoms with Crippen molar-refractivity contribution < 1.29 is 17.9 Å². The molecule has 1 aromatic rings. The summed E-state index contributed by atoms with van der Waals surface area (Å²) in [4.78, 5) is 4.04. The Morgan fingerprint density at radius 2 is 2.20 bits per heavy atom. The van der Waals surface area contributed by atoms with Crippen LogP contribution in [0.5, 0.6) is 5.88 Å². The fraction of sp³-hybridized carbons (Fsp3) is 0.583. The van der Waals surface area contributed by atoms with Gasteiger partial charge in [-0.15, -0.1) is 0 Å². The summed E-state index contributed by atoms with van der Waals surface area (Å²) >= 11 is 0. The highest BCUT2D eigenvalue weighted by Crippen LogP contribution is 2.30. The second kappa shape index (κ2) is 5.19. The van der Waals surface area contributed by atoms with Gasteiger partial charge < -0.3 is 15.2 Å². The first-order chi connectivity index (χ1) is 9.54. The normalized spacial score (nSPS) is 19.6. The molecule has 0 unspecified atom stereocenters. The Labute approximate surface area is 117 Å². The van der Waals surface area contributed by atoms with Crippen LogP contribution in [0.4, 0.5) is 5.69 Å². The maximum atomic E-state index is 12.1. The van der Waals surface area contributed by atoms with Crippen molar-refractivity contribution in [3.8, 4) is 5.88 Å². The quantitative estimate of drug-likeness (QED) is 0.774. The Morgan fingerprint density at radius 1 is 1.45 bits per heavy atom. The van der Waals surface area contributed by atoms with Gasteiger partial charge in [0.05, 0.1) is 37.7 Å². The number of pyridine rings is 1. The smallest absolute Gasteiger partial charge is 0.242 e. The Bertz CT molecular complexity index is 597. The van der Waals surface area contributed by atoms with Gasteiger partial charge in [0, 0.05) is 0 Å². The van der Waals surface area contributed by atoms with E-state index in [2.05, 4.69) is 9.71 Å². The lowest BCUT2D eigenvalue weighted by Gasteiger charge is -2.26. The van der Waals surface area contributed by atoms with Crippen molar-refractivity contribution in [1.82, 2.24) is 9.71 Å². The van der Waals surface area contributed by atoms with E-state index in [9.17, 15) is 8.42 Å². The summed E-state index contributed by atoms with van der Waals surface area (Å²) in [6, 6.07) is 1.20. The molecule has 2 aliphatic rings. The lowest BCUT2D eigenvalue weighted by Crippen LogP contribution is -2.48. The zero-order valence-corrected chi connectivity index (χ0v) is 11.7. The SMILES string of the molecule is Nc1cc(S(=O)(=O)NC2COC2)cnc1OCC1CC1. The van der Waals surface area contributed by atoms with Crippen LogP contribution in [-0.2, 0) is 14.8 Å². The predicted molar refractivity (Wildman–Crippen MR) is 71.8 cm³/mol. The lowest BCUT2D eigenvalue weighted by atomic mass is 10.3. The van der Waals surface area contributed by atoms with E-state index in [4.69, 9.17) is 15.2 Å². The molecule has 0 amide bonds. The third-order valence-electron chi connectivity index (χ3n) is 3.28. The summed E-state index contributed by atoms with van der Waals surface area (Å²) in [6.45, 7) is 1.37. The van der Waals surface area contributed by atoms with Gasteiger partial charge >= 0.3 is 0 Å². The average Bonchev–Trinajstić information content (AvgIpc) is 3.16. The number of ether oxygens (including phenoxy) is 2. The first-order valence-corrected chi connectivity index (χ1v) is 8.01. The summed E-state index contributed by atoms with van der Waals surface area (Å²) in [6.07, 6.45) is 3.60. The van der Waals surface area contributed by atoms with Gasteiger partial charge in [0.2, 0.25) is 15.9 Å². The van der Waals surface area contributed by atoms with Crippen LogP contribution < -0.4 is 15.2 Å². The minimum atomic E-state index is -3.61. The molecule has 0 spiro atoms. The maximum absolute atomic E-state index is 12.1. The predicted octanol–water partition coefficient (Wildman–Crippen LogP) is 0.130. The maximum Gasteiger partial charge on any atom is 0.242 e. The number of hydrogen-bond acceptors (Lipinski definition) is 6. The molecule has 0 atom stereocenters. The summed E-state index contributed by atoms with van der Waals surface area (Å²) in [5, 5.41) is 0. The number of sulfonamides is 1. The molecule has 20 heavy (non-hydrogen) atoms. The van der Waals surface area contributed by atoms with Gasteiger partial charge in [0.25, 0.3) is 0 Å². The number of nitrogens with one attached hydrogen (secondary N) is 1. The molecule has 8 heteroatoms. The number of hydrogen-bond donors (Lipinski definition) is 2. The molecule has 1 aliphatic heterocycles. The van der Waals surface area contributed by atoms with E-state index in [1.807, 2.05) is 0 Å². The monoisotopic (exact) mass is 299 g/mol. The first kappa shape index (κ1) is 13.6. The Morgan fingerprint density at radius 3 is 2.75 bits per heavy atom. The van der Waals surface area contributed by atoms with Crippen molar-refractivity contribution in [2.24, 2.45) is 5.92 Å². The van der Waals surface area contributed by atoms with E-state index in [0.717, 1.165) is 0 Å². The van der Waals surface area contributed by atoms with E-state index >= 15 is 0 Å². The molecular weight excluding hydrogens is 282 g/mol. The van der Waals surface area contributed by atoms with Crippen LogP contribution in [-0.4, -0.2) is 39.3 Å². The van der Waals surface area contributed by atoms with E-state index in [1.165, 1.54) is 25.1 Å². The third-order valence-corrected chi connectivity index (χ3v) is 4.76. The molecule has 2 heterocycles. The fourth-order valence-electron chi connectivity index (χ4n) is 1.79. The number of nitrogens with two attached hydrogens (primary N) is 1. The first-order valence-electron chi connectivity index (χ1n) is 6.53. The summed E-state index contributed by atoms with van der Waals surface area (Å²) in [7, 11) is -3.61. The van der Waals surface area contributed by atoms with Crippen molar-refractivity contribution in [2.75, 3.05) is 25.6 Å². The zero-order valence-electron chi connectivity index (χ0n) is 10.9. The van der Waals surface area contributed by atoms with Gasteiger partial charge in [0.15, 0.2) is 0 Å². The summed E-state index contributed by atoms with van der Waals surface area (Å²) in [5.41, 5.74) is 6.03. The highest BCUT2D eigenvalue weighted by molar-refractivity contribution is 7.89. The minimum Gasteiger partial charge on any atom is -0.476 e. The molecule has 0 aromatic carbocycles. The highest BCUT2D eigenvalue weighted by Gasteiger charge is 2.27. The van der Waals surface area contributed by atoms with Crippen molar-refractivity contribution in [2.45, 2.75) is 23.8 Å². The molecule has 0 bridgehead atoms. The zero-order chi connectivity index (χ0) is 14.2. The topological polar surface area (TPSA) is 104 Å². The standard InChI is InChI=1S/C12H17N3O4S/c13-11-3-10(20(16,17)15-9-6-18-7-9)4-14-12(11)19-5-8-1-2-8/h3-4,8-9,15H,1-2,5-7,13H2. The fourth-order valence-corrected chi connectivity index (χ4v) is 2.97. The van der Waals surface area contributed by atoms with E-state index < -0.39 is 10.0 Å². The molecule has 1 saturated carbocycles. The molecule has 0 radical (unpaired) electrons. The molecule has 7 nitrogen and oxygen atoms in total. The molecule has 3 rings (SSSR count).